The summed E-state index contributed by atoms with van der Waals surface area (Å²) in [4.78, 5) is 82.3. The van der Waals surface area contributed by atoms with E-state index in [1.807, 2.05) is 0 Å². The Morgan fingerprint density at radius 2 is 1.46 bits per heavy atom. The number of amides is 4. The molecule has 1 rings (SSSR count). The van der Waals surface area contributed by atoms with Crippen molar-refractivity contribution in [1.29, 1.82) is 0 Å². The molecule has 0 aromatic heterocycles. The summed E-state index contributed by atoms with van der Waals surface area (Å²) in [5, 5.41) is 41.7. The fourth-order valence-electron chi connectivity index (χ4n) is 3.61. The molecule has 19 heteroatoms. The van der Waals surface area contributed by atoms with Gasteiger partial charge in [0.05, 0.1) is 13.0 Å². The fourth-order valence-corrected chi connectivity index (χ4v) is 3.61. The van der Waals surface area contributed by atoms with Crippen LogP contribution in [0.2, 0.25) is 0 Å². The maximum absolute atomic E-state index is 13.1. The molecule has 0 radical (unpaired) electrons. The minimum absolute atomic E-state index is 0.128. The zero-order valence-corrected chi connectivity index (χ0v) is 22.0. The third-order valence-electron chi connectivity index (χ3n) is 5.51. The second kappa shape index (κ2) is 17.6. The molecule has 0 bridgehead atoms. The van der Waals surface area contributed by atoms with E-state index in [4.69, 9.17) is 20.7 Å². The number of carbonyl (C=O) groups is 7. The van der Waals surface area contributed by atoms with Gasteiger partial charge >= 0.3 is 24.1 Å². The molecule has 16 nitrogen and oxygen atoms in total. The van der Waals surface area contributed by atoms with Gasteiger partial charge in [-0.3, -0.25) is 24.0 Å². The van der Waals surface area contributed by atoms with Gasteiger partial charge in [-0.2, -0.15) is 13.2 Å². The minimum Gasteiger partial charge on any atom is -0.481 e. The van der Waals surface area contributed by atoms with E-state index in [9.17, 15) is 52.2 Å². The van der Waals surface area contributed by atoms with E-state index in [0.717, 1.165) is 6.92 Å². The maximum atomic E-state index is 13.1. The van der Waals surface area contributed by atoms with E-state index < -0.39 is 84.9 Å². The number of carboxylic acid groups (broad SMARTS) is 3. The van der Waals surface area contributed by atoms with Crippen molar-refractivity contribution < 1.29 is 67.2 Å². The molecule has 1 heterocycles. The number of hydrogen-bond acceptors (Lipinski definition) is 9. The van der Waals surface area contributed by atoms with Crippen LogP contribution >= 0.6 is 0 Å². The zero-order valence-electron chi connectivity index (χ0n) is 22.0. The van der Waals surface area contributed by atoms with Gasteiger partial charge in [0.2, 0.25) is 23.6 Å². The van der Waals surface area contributed by atoms with E-state index in [1.54, 1.807) is 0 Å². The van der Waals surface area contributed by atoms with Gasteiger partial charge in [-0.1, -0.05) is 0 Å². The van der Waals surface area contributed by atoms with Crippen LogP contribution in [0.4, 0.5) is 13.2 Å². The lowest BCUT2D eigenvalue weighted by molar-refractivity contribution is -0.192. The van der Waals surface area contributed by atoms with E-state index in [1.165, 1.54) is 4.90 Å². The summed E-state index contributed by atoms with van der Waals surface area (Å²) in [6.07, 6.45) is -4.07. The van der Waals surface area contributed by atoms with Crippen LogP contribution < -0.4 is 21.7 Å². The number of alkyl halides is 3. The summed E-state index contributed by atoms with van der Waals surface area (Å²) in [6, 6.07) is -5.22. The molecule has 4 atom stereocenters. The standard InChI is InChI=1S/C20H33N5O9.C2HF3O2/c1-11(27)22-14(10-26)18(31)24-13(9-16(28)29)17(30)23-12(5-2-3-7-21)19(32)25-8-4-6-15(25)20(33)34;3-2(4,5)1(6)7/h12-15,26H,2-10,21H2,1H3,(H,22,27)(H,23,30)(H,24,31)(H,28,29)(H,33,34);(H,6,7)/t12-,13+,14-,15-;/m0./s1. The average Bonchev–Trinajstić information content (AvgIpc) is 3.35. The smallest absolute Gasteiger partial charge is 0.481 e. The van der Waals surface area contributed by atoms with Crippen LogP contribution in [0.5, 0.6) is 0 Å². The van der Waals surface area contributed by atoms with Crippen LogP contribution in [0.15, 0.2) is 0 Å². The van der Waals surface area contributed by atoms with Crippen molar-refractivity contribution in [1.82, 2.24) is 20.9 Å². The summed E-state index contributed by atoms with van der Waals surface area (Å²) >= 11 is 0. The number of nitrogens with zero attached hydrogens (tertiary/aromatic N) is 1. The molecular formula is C22H34F3N5O11. The van der Waals surface area contributed by atoms with Crippen molar-refractivity contribution in [2.45, 2.75) is 75.8 Å². The molecule has 234 valence electrons. The molecule has 4 amide bonds. The molecular weight excluding hydrogens is 567 g/mol. The van der Waals surface area contributed by atoms with Gasteiger partial charge in [0.25, 0.3) is 0 Å². The predicted molar refractivity (Wildman–Crippen MR) is 130 cm³/mol. The number of likely N-dealkylation sites (tertiary alicyclic amines) is 1. The average molecular weight is 602 g/mol. The summed E-state index contributed by atoms with van der Waals surface area (Å²) in [5.41, 5.74) is 5.49. The van der Waals surface area contributed by atoms with Gasteiger partial charge in [-0.05, 0) is 38.6 Å². The Balaban J connectivity index is 0.00000201. The molecule has 0 aromatic rings. The van der Waals surface area contributed by atoms with Crippen molar-refractivity contribution in [2.24, 2.45) is 5.73 Å². The Hall–Kier alpha value is -4.00. The first-order chi connectivity index (χ1) is 19.0. The minimum atomic E-state index is -5.08. The molecule has 1 fully saturated rings. The third kappa shape index (κ3) is 13.8. The van der Waals surface area contributed by atoms with Gasteiger partial charge in [0.1, 0.15) is 24.2 Å². The molecule has 0 aromatic carbocycles. The Bertz CT molecular complexity index is 964. The first-order valence-corrected chi connectivity index (χ1v) is 12.2. The van der Waals surface area contributed by atoms with Gasteiger partial charge in [-0.25, -0.2) is 9.59 Å². The van der Waals surface area contributed by atoms with Crippen LogP contribution in [0.1, 0.15) is 45.4 Å². The number of nitrogens with one attached hydrogen (secondary N) is 3. The maximum Gasteiger partial charge on any atom is 0.490 e. The van der Waals surface area contributed by atoms with Crippen molar-refractivity contribution in [2.75, 3.05) is 19.7 Å². The molecule has 0 aliphatic carbocycles. The summed E-state index contributed by atoms with van der Waals surface area (Å²) in [5.74, 6) is -8.56. The number of aliphatic carboxylic acids is 3. The number of halogens is 3. The topological polar surface area (TPSA) is 266 Å². The number of rotatable bonds is 14. The lowest BCUT2D eigenvalue weighted by atomic mass is 10.1. The van der Waals surface area contributed by atoms with Crippen LogP contribution in [0.25, 0.3) is 0 Å². The lowest BCUT2D eigenvalue weighted by Crippen LogP contribution is -2.58. The van der Waals surface area contributed by atoms with Crippen molar-refractivity contribution in [3.8, 4) is 0 Å². The van der Waals surface area contributed by atoms with Gasteiger partial charge in [0, 0.05) is 13.5 Å². The molecule has 0 saturated carbocycles. The van der Waals surface area contributed by atoms with Crippen LogP contribution in [0, 0.1) is 0 Å². The quantitative estimate of drug-likeness (QED) is 0.0983. The van der Waals surface area contributed by atoms with Crippen molar-refractivity contribution >= 4 is 41.5 Å². The molecule has 1 aliphatic rings. The predicted octanol–water partition coefficient (Wildman–Crippen LogP) is -2.23. The number of nitrogens with two attached hydrogens (primary N) is 1. The van der Waals surface area contributed by atoms with Gasteiger partial charge < -0.3 is 47.0 Å². The summed E-state index contributed by atoms with van der Waals surface area (Å²) < 4.78 is 31.7. The first-order valence-electron chi connectivity index (χ1n) is 12.2. The van der Waals surface area contributed by atoms with Crippen LogP contribution in [-0.2, 0) is 33.6 Å². The monoisotopic (exact) mass is 601 g/mol. The number of carbonyl (C=O) groups excluding carboxylic acids is 4. The number of hydrogen-bond donors (Lipinski definition) is 8. The summed E-state index contributed by atoms with van der Waals surface area (Å²) in [7, 11) is 0. The Labute approximate surface area is 231 Å². The fraction of sp³-hybridized carbons (Fsp3) is 0.682. The Kier molecular flexibility index (Phi) is 15.9. The van der Waals surface area contributed by atoms with E-state index in [2.05, 4.69) is 16.0 Å². The third-order valence-corrected chi connectivity index (χ3v) is 5.51. The number of carboxylic acids is 3. The number of aliphatic hydroxyl groups excluding tert-OH is 1. The molecule has 9 N–H and O–H groups in total. The highest BCUT2D eigenvalue weighted by molar-refractivity contribution is 5.96. The molecule has 0 spiro atoms. The molecule has 1 saturated heterocycles. The highest BCUT2D eigenvalue weighted by atomic mass is 19.4. The van der Waals surface area contributed by atoms with Crippen LogP contribution in [0.3, 0.4) is 0 Å². The van der Waals surface area contributed by atoms with Gasteiger partial charge in [0.15, 0.2) is 0 Å². The first kappa shape index (κ1) is 37.0. The molecule has 41 heavy (non-hydrogen) atoms. The van der Waals surface area contributed by atoms with Crippen molar-refractivity contribution in [3.63, 3.8) is 0 Å². The van der Waals surface area contributed by atoms with E-state index in [0.29, 0.717) is 25.8 Å². The van der Waals surface area contributed by atoms with E-state index >= 15 is 0 Å². The summed E-state index contributed by atoms with van der Waals surface area (Å²) in [6.45, 7) is 0.846. The number of unbranched alkanes of at least 4 members (excludes halogenated alkanes) is 1. The number of aliphatic hydroxyl groups is 1. The lowest BCUT2D eigenvalue weighted by Gasteiger charge is -2.29. The largest absolute Gasteiger partial charge is 0.490 e. The van der Waals surface area contributed by atoms with Gasteiger partial charge in [-0.15, -0.1) is 0 Å². The Morgan fingerprint density at radius 3 is 1.90 bits per heavy atom. The highest BCUT2D eigenvalue weighted by Crippen LogP contribution is 2.20. The second-order valence-electron chi connectivity index (χ2n) is 8.77. The SMILES string of the molecule is CC(=O)N[C@@H](CO)C(=O)N[C@H](CC(=O)O)C(=O)N[C@@H](CCCCN)C(=O)N1CCC[C@H]1C(=O)O.O=C(O)C(F)(F)F. The van der Waals surface area contributed by atoms with Crippen molar-refractivity contribution in [3.05, 3.63) is 0 Å². The Morgan fingerprint density at radius 1 is 0.927 bits per heavy atom. The zero-order chi connectivity index (χ0) is 31.9. The normalized spacial score (nSPS) is 16.7. The van der Waals surface area contributed by atoms with E-state index in [-0.39, 0.29) is 19.4 Å². The second-order valence-corrected chi connectivity index (χ2v) is 8.77. The van der Waals surface area contributed by atoms with Crippen LogP contribution in [-0.4, -0.2) is 117 Å². The molecule has 0 unspecified atom stereocenters. The molecule has 1 aliphatic heterocycles. The highest BCUT2D eigenvalue weighted by Gasteiger charge is 2.39.